The molecule has 1 unspecified atom stereocenters. The van der Waals surface area contributed by atoms with Crippen molar-refractivity contribution < 1.29 is 4.74 Å². The number of methoxy groups -OCH3 is 1. The summed E-state index contributed by atoms with van der Waals surface area (Å²) in [6.07, 6.45) is 0.741. The predicted octanol–water partition coefficient (Wildman–Crippen LogP) is 3.29. The largest absolute Gasteiger partial charge is 0.495 e. The summed E-state index contributed by atoms with van der Waals surface area (Å²) in [6, 6.07) is 3.68. The van der Waals surface area contributed by atoms with E-state index in [4.69, 9.17) is 33.7 Å². The first kappa shape index (κ1) is 12.6. The summed E-state index contributed by atoms with van der Waals surface area (Å²) in [5.74, 6) is 1.22. The number of nitrogens with two attached hydrogens (primary N) is 1. The molecule has 0 aliphatic heterocycles. The zero-order chi connectivity index (χ0) is 11.4. The maximum absolute atomic E-state index is 6.03. The number of rotatable bonds is 4. The average molecular weight is 248 g/mol. The number of ether oxygens (including phenoxy) is 1. The Labute approximate surface area is 100 Å². The van der Waals surface area contributed by atoms with E-state index >= 15 is 0 Å². The van der Waals surface area contributed by atoms with Crippen molar-refractivity contribution in [3.8, 4) is 5.75 Å². The van der Waals surface area contributed by atoms with Crippen molar-refractivity contribution in [2.75, 3.05) is 13.0 Å². The number of benzene rings is 1. The number of aryl methyl sites for hydroxylation is 1. The second kappa shape index (κ2) is 5.59. The quantitative estimate of drug-likeness (QED) is 0.830. The standard InChI is InChI=1S/C11H15Cl2NO/c1-7-5-11(15-2)9(13)6-8(7)10(14)3-4-12/h5-6,10H,3-4,14H2,1-2H3. The number of hydrogen-bond donors (Lipinski definition) is 1. The molecule has 0 fully saturated rings. The van der Waals surface area contributed by atoms with Crippen LogP contribution in [0.1, 0.15) is 23.6 Å². The van der Waals surface area contributed by atoms with Gasteiger partial charge in [-0.2, -0.15) is 0 Å². The summed E-state index contributed by atoms with van der Waals surface area (Å²) >= 11 is 11.7. The maximum Gasteiger partial charge on any atom is 0.137 e. The Morgan fingerprint density at radius 1 is 1.47 bits per heavy atom. The number of hydrogen-bond acceptors (Lipinski definition) is 2. The van der Waals surface area contributed by atoms with Crippen molar-refractivity contribution in [1.82, 2.24) is 0 Å². The molecule has 0 saturated carbocycles. The first-order chi connectivity index (χ1) is 7.10. The third kappa shape index (κ3) is 3.00. The molecule has 2 nitrogen and oxygen atoms in total. The molecule has 0 spiro atoms. The fourth-order valence-corrected chi connectivity index (χ4v) is 1.98. The van der Waals surface area contributed by atoms with Crippen LogP contribution >= 0.6 is 23.2 Å². The second-order valence-electron chi connectivity index (χ2n) is 3.43. The molecule has 0 radical (unpaired) electrons. The van der Waals surface area contributed by atoms with Crippen LogP contribution < -0.4 is 10.5 Å². The monoisotopic (exact) mass is 247 g/mol. The molecule has 1 aromatic rings. The van der Waals surface area contributed by atoms with E-state index in [0.717, 1.165) is 17.5 Å². The van der Waals surface area contributed by atoms with Crippen LogP contribution in [-0.4, -0.2) is 13.0 Å². The minimum atomic E-state index is -0.0640. The van der Waals surface area contributed by atoms with Crippen LogP contribution in [0.2, 0.25) is 5.02 Å². The van der Waals surface area contributed by atoms with Gasteiger partial charge in [0.05, 0.1) is 12.1 Å². The molecule has 0 aliphatic carbocycles. The smallest absolute Gasteiger partial charge is 0.137 e. The van der Waals surface area contributed by atoms with Crippen molar-refractivity contribution in [1.29, 1.82) is 0 Å². The minimum absolute atomic E-state index is 0.0640. The van der Waals surface area contributed by atoms with Crippen LogP contribution in [0.3, 0.4) is 0 Å². The van der Waals surface area contributed by atoms with Crippen LogP contribution in [0, 0.1) is 6.92 Å². The van der Waals surface area contributed by atoms with Crippen LogP contribution in [0.5, 0.6) is 5.75 Å². The van der Waals surface area contributed by atoms with Gasteiger partial charge in [-0.05, 0) is 36.6 Å². The van der Waals surface area contributed by atoms with Crippen molar-refractivity contribution >= 4 is 23.2 Å². The first-order valence-electron chi connectivity index (χ1n) is 4.75. The molecular weight excluding hydrogens is 233 g/mol. The van der Waals surface area contributed by atoms with Gasteiger partial charge in [0.15, 0.2) is 0 Å². The molecule has 4 heteroatoms. The van der Waals surface area contributed by atoms with Gasteiger partial charge < -0.3 is 10.5 Å². The van der Waals surface area contributed by atoms with Gasteiger partial charge in [-0.15, -0.1) is 11.6 Å². The van der Waals surface area contributed by atoms with E-state index in [1.54, 1.807) is 7.11 Å². The van der Waals surface area contributed by atoms with Gasteiger partial charge in [0.2, 0.25) is 0 Å². The van der Waals surface area contributed by atoms with Gasteiger partial charge in [-0.3, -0.25) is 0 Å². The highest BCUT2D eigenvalue weighted by molar-refractivity contribution is 6.32. The van der Waals surface area contributed by atoms with E-state index in [9.17, 15) is 0 Å². The number of alkyl halides is 1. The molecule has 84 valence electrons. The Kier molecular flexibility index (Phi) is 4.71. The lowest BCUT2D eigenvalue weighted by Gasteiger charge is -2.15. The summed E-state index contributed by atoms with van der Waals surface area (Å²) in [7, 11) is 1.60. The summed E-state index contributed by atoms with van der Waals surface area (Å²) in [5.41, 5.74) is 8.09. The van der Waals surface area contributed by atoms with E-state index in [1.165, 1.54) is 0 Å². The van der Waals surface area contributed by atoms with Crippen LogP contribution in [0.15, 0.2) is 12.1 Å². The SMILES string of the molecule is COc1cc(C)c(C(N)CCCl)cc1Cl. The highest BCUT2D eigenvalue weighted by Gasteiger charge is 2.12. The second-order valence-corrected chi connectivity index (χ2v) is 4.21. The average Bonchev–Trinajstić information content (AvgIpc) is 2.21. The Morgan fingerprint density at radius 3 is 2.67 bits per heavy atom. The Bertz CT molecular complexity index is 342. The molecule has 1 aromatic carbocycles. The third-order valence-electron chi connectivity index (χ3n) is 2.36. The number of halogens is 2. The molecule has 2 N–H and O–H groups in total. The summed E-state index contributed by atoms with van der Waals surface area (Å²) < 4.78 is 5.12. The molecule has 1 rings (SSSR count). The van der Waals surface area contributed by atoms with Crippen LogP contribution in [-0.2, 0) is 0 Å². The third-order valence-corrected chi connectivity index (χ3v) is 2.87. The van der Waals surface area contributed by atoms with Gasteiger partial charge in [-0.25, -0.2) is 0 Å². The molecule has 0 aromatic heterocycles. The summed E-state index contributed by atoms with van der Waals surface area (Å²) in [5, 5.41) is 0.586. The van der Waals surface area contributed by atoms with Crippen molar-refractivity contribution in [3.63, 3.8) is 0 Å². The van der Waals surface area contributed by atoms with E-state index < -0.39 is 0 Å². The predicted molar refractivity (Wildman–Crippen MR) is 65.0 cm³/mol. The van der Waals surface area contributed by atoms with Crippen molar-refractivity contribution in [2.45, 2.75) is 19.4 Å². The van der Waals surface area contributed by atoms with E-state index in [1.807, 2.05) is 19.1 Å². The first-order valence-corrected chi connectivity index (χ1v) is 5.67. The van der Waals surface area contributed by atoms with Gasteiger partial charge in [-0.1, -0.05) is 11.6 Å². The molecule has 15 heavy (non-hydrogen) atoms. The lowest BCUT2D eigenvalue weighted by molar-refractivity contribution is 0.414. The zero-order valence-electron chi connectivity index (χ0n) is 8.89. The zero-order valence-corrected chi connectivity index (χ0v) is 10.4. The maximum atomic E-state index is 6.03. The van der Waals surface area contributed by atoms with Gasteiger partial charge in [0.25, 0.3) is 0 Å². The summed E-state index contributed by atoms with van der Waals surface area (Å²) in [4.78, 5) is 0. The van der Waals surface area contributed by atoms with E-state index in [0.29, 0.717) is 16.7 Å². The molecule has 0 heterocycles. The van der Waals surface area contributed by atoms with Crippen molar-refractivity contribution in [2.24, 2.45) is 5.73 Å². The minimum Gasteiger partial charge on any atom is -0.495 e. The highest BCUT2D eigenvalue weighted by Crippen LogP contribution is 2.31. The van der Waals surface area contributed by atoms with Crippen molar-refractivity contribution in [3.05, 3.63) is 28.3 Å². The Hall–Kier alpha value is -0.440. The Morgan fingerprint density at radius 2 is 2.13 bits per heavy atom. The summed E-state index contributed by atoms with van der Waals surface area (Å²) in [6.45, 7) is 1.99. The van der Waals surface area contributed by atoms with Gasteiger partial charge in [0, 0.05) is 11.9 Å². The van der Waals surface area contributed by atoms with Gasteiger partial charge >= 0.3 is 0 Å². The fraction of sp³-hybridized carbons (Fsp3) is 0.455. The molecule has 0 bridgehead atoms. The molecular formula is C11H15Cl2NO. The topological polar surface area (TPSA) is 35.2 Å². The fourth-order valence-electron chi connectivity index (χ4n) is 1.50. The lowest BCUT2D eigenvalue weighted by Crippen LogP contribution is -2.12. The van der Waals surface area contributed by atoms with Gasteiger partial charge in [0.1, 0.15) is 5.75 Å². The molecule has 1 atom stereocenters. The van der Waals surface area contributed by atoms with E-state index in [2.05, 4.69) is 0 Å². The molecule has 0 aliphatic rings. The van der Waals surface area contributed by atoms with Crippen LogP contribution in [0.4, 0.5) is 0 Å². The lowest BCUT2D eigenvalue weighted by atomic mass is 10.00. The Balaban J connectivity index is 3.04. The highest BCUT2D eigenvalue weighted by atomic mass is 35.5. The normalized spacial score (nSPS) is 12.6. The van der Waals surface area contributed by atoms with Crippen LogP contribution in [0.25, 0.3) is 0 Å². The molecule has 0 saturated heterocycles. The van der Waals surface area contributed by atoms with E-state index in [-0.39, 0.29) is 6.04 Å². The molecule has 0 amide bonds.